The maximum Gasteiger partial charge on any atom is 0.163 e. The highest BCUT2D eigenvalue weighted by Gasteiger charge is 2.40. The van der Waals surface area contributed by atoms with Crippen molar-refractivity contribution in [3.05, 3.63) is 12.7 Å². The zero-order valence-corrected chi connectivity index (χ0v) is 14.4. The molecule has 1 aliphatic heterocycles. The van der Waals surface area contributed by atoms with Gasteiger partial charge in [-0.25, -0.2) is 0 Å². The molecule has 2 atom stereocenters. The maximum atomic E-state index is 6.02. The molecule has 0 spiro atoms. The summed E-state index contributed by atoms with van der Waals surface area (Å²) in [6.45, 7) is 9.83. The third-order valence-corrected chi connectivity index (χ3v) is 3.67. The van der Waals surface area contributed by atoms with E-state index in [1.165, 1.54) is 32.1 Å². The lowest BCUT2D eigenvalue weighted by atomic mass is 10.0. The Bertz CT molecular complexity index is 442. The second kappa shape index (κ2) is 10.5. The zero-order valence-electron chi connectivity index (χ0n) is 14.4. The van der Waals surface area contributed by atoms with Gasteiger partial charge in [0.15, 0.2) is 5.79 Å². The van der Waals surface area contributed by atoms with Gasteiger partial charge in [0.25, 0.3) is 0 Å². The zero-order chi connectivity index (χ0) is 16.3. The van der Waals surface area contributed by atoms with Crippen LogP contribution in [0.25, 0.3) is 0 Å². The van der Waals surface area contributed by atoms with Crippen LogP contribution in [0.2, 0.25) is 0 Å². The minimum atomic E-state index is -0.491. The Balaban J connectivity index is 2.40. The number of allylic oxidation sites excluding steroid dienone is 1. The largest absolute Gasteiger partial charge is 0.345 e. The third kappa shape index (κ3) is 7.69. The summed E-state index contributed by atoms with van der Waals surface area (Å²) in [7, 11) is 0. The number of rotatable bonds is 8. The molecule has 122 valence electrons. The van der Waals surface area contributed by atoms with Crippen molar-refractivity contribution in [1.82, 2.24) is 0 Å². The molecule has 0 bridgehead atoms. The monoisotopic (exact) mass is 302 g/mol. The van der Waals surface area contributed by atoms with Crippen LogP contribution in [0, 0.1) is 23.7 Å². The maximum absolute atomic E-state index is 6.02. The molecule has 0 aromatic carbocycles. The standard InChI is InChI=1S/C20H30O2/c1-5-7-9-11-13-15-17-19-18(21-20(3,4)22-19)16-14-12-10-8-6-2/h5,18-19H,1,6-8,10,12,14,16-17H2,2-4H3. The molecule has 0 radical (unpaired) electrons. The lowest BCUT2D eigenvalue weighted by Crippen LogP contribution is -2.21. The summed E-state index contributed by atoms with van der Waals surface area (Å²) in [6.07, 6.45) is 10.8. The van der Waals surface area contributed by atoms with Gasteiger partial charge in [0.1, 0.15) is 0 Å². The number of hydrogen-bond donors (Lipinski definition) is 0. The first-order valence-electron chi connectivity index (χ1n) is 8.51. The Kier molecular flexibility index (Phi) is 8.98. The highest BCUT2D eigenvalue weighted by atomic mass is 16.7. The minimum Gasteiger partial charge on any atom is -0.345 e. The van der Waals surface area contributed by atoms with E-state index in [-0.39, 0.29) is 12.2 Å². The van der Waals surface area contributed by atoms with E-state index < -0.39 is 5.79 Å². The molecule has 2 unspecified atom stereocenters. The smallest absolute Gasteiger partial charge is 0.163 e. The molecule has 0 aliphatic carbocycles. The summed E-state index contributed by atoms with van der Waals surface area (Å²) < 4.78 is 12.0. The first kappa shape index (κ1) is 18.8. The van der Waals surface area contributed by atoms with Crippen molar-refractivity contribution in [2.24, 2.45) is 0 Å². The van der Waals surface area contributed by atoms with Crippen molar-refractivity contribution in [1.29, 1.82) is 0 Å². The van der Waals surface area contributed by atoms with Gasteiger partial charge in [-0.2, -0.15) is 0 Å². The van der Waals surface area contributed by atoms with Crippen molar-refractivity contribution in [3.8, 4) is 23.7 Å². The van der Waals surface area contributed by atoms with Crippen LogP contribution in [0.3, 0.4) is 0 Å². The summed E-state index contributed by atoms with van der Waals surface area (Å²) in [5.41, 5.74) is 0. The molecular formula is C20H30O2. The molecule has 1 saturated heterocycles. The van der Waals surface area contributed by atoms with Crippen LogP contribution in [0.1, 0.15) is 72.1 Å². The van der Waals surface area contributed by atoms with Crippen molar-refractivity contribution in [2.75, 3.05) is 0 Å². The van der Waals surface area contributed by atoms with E-state index in [1.807, 2.05) is 13.8 Å². The van der Waals surface area contributed by atoms with Crippen LogP contribution in [0.15, 0.2) is 12.7 Å². The van der Waals surface area contributed by atoms with Gasteiger partial charge in [0, 0.05) is 12.8 Å². The van der Waals surface area contributed by atoms with Crippen LogP contribution in [0.5, 0.6) is 0 Å². The van der Waals surface area contributed by atoms with E-state index in [1.54, 1.807) is 6.08 Å². The molecule has 0 amide bonds. The van der Waals surface area contributed by atoms with E-state index >= 15 is 0 Å². The van der Waals surface area contributed by atoms with Crippen molar-refractivity contribution in [2.45, 2.75) is 90.1 Å². The number of unbranched alkanes of at least 4 members (excludes halogenated alkanes) is 4. The topological polar surface area (TPSA) is 18.5 Å². The molecule has 1 aliphatic rings. The van der Waals surface area contributed by atoms with E-state index in [0.717, 1.165) is 6.42 Å². The van der Waals surface area contributed by atoms with E-state index in [9.17, 15) is 0 Å². The molecule has 2 nitrogen and oxygen atoms in total. The van der Waals surface area contributed by atoms with Gasteiger partial charge in [-0.3, -0.25) is 0 Å². The highest BCUT2D eigenvalue weighted by molar-refractivity contribution is 5.26. The molecule has 0 aromatic heterocycles. The fourth-order valence-corrected chi connectivity index (χ4v) is 2.64. The quantitative estimate of drug-likeness (QED) is 0.363. The fraction of sp³-hybridized carbons (Fsp3) is 0.700. The van der Waals surface area contributed by atoms with Gasteiger partial charge in [0.2, 0.25) is 0 Å². The van der Waals surface area contributed by atoms with Crippen molar-refractivity contribution >= 4 is 0 Å². The molecule has 1 rings (SSSR count). The van der Waals surface area contributed by atoms with E-state index in [2.05, 4.69) is 37.2 Å². The fourth-order valence-electron chi connectivity index (χ4n) is 2.64. The van der Waals surface area contributed by atoms with Gasteiger partial charge in [-0.05, 0) is 32.1 Å². The van der Waals surface area contributed by atoms with Crippen LogP contribution < -0.4 is 0 Å². The Morgan fingerprint density at radius 3 is 2.41 bits per heavy atom. The Morgan fingerprint density at radius 2 is 1.68 bits per heavy atom. The normalized spacial score (nSPS) is 22.3. The van der Waals surface area contributed by atoms with Gasteiger partial charge in [0.05, 0.1) is 12.2 Å². The number of ether oxygens (including phenoxy) is 2. The first-order valence-corrected chi connectivity index (χ1v) is 8.51. The molecule has 0 saturated carbocycles. The second-order valence-electron chi connectivity index (χ2n) is 6.22. The van der Waals surface area contributed by atoms with Crippen LogP contribution >= 0.6 is 0 Å². The average molecular weight is 302 g/mol. The molecule has 22 heavy (non-hydrogen) atoms. The van der Waals surface area contributed by atoms with Crippen molar-refractivity contribution in [3.63, 3.8) is 0 Å². The molecule has 0 aromatic rings. The predicted molar refractivity (Wildman–Crippen MR) is 92.2 cm³/mol. The molecule has 0 N–H and O–H groups in total. The Morgan fingerprint density at radius 1 is 1.00 bits per heavy atom. The lowest BCUT2D eigenvalue weighted by molar-refractivity contribution is -0.146. The average Bonchev–Trinajstić information content (AvgIpc) is 2.77. The molecule has 2 heteroatoms. The van der Waals surface area contributed by atoms with Crippen LogP contribution in [-0.4, -0.2) is 18.0 Å². The van der Waals surface area contributed by atoms with Gasteiger partial charge in [-0.1, -0.05) is 56.9 Å². The second-order valence-corrected chi connectivity index (χ2v) is 6.22. The van der Waals surface area contributed by atoms with Gasteiger partial charge < -0.3 is 9.47 Å². The minimum absolute atomic E-state index is 0.0647. The summed E-state index contributed by atoms with van der Waals surface area (Å²) in [5, 5.41) is 0. The van der Waals surface area contributed by atoms with Crippen LogP contribution in [-0.2, 0) is 9.47 Å². The summed E-state index contributed by atoms with van der Waals surface area (Å²) in [5.74, 6) is 11.3. The third-order valence-electron chi connectivity index (χ3n) is 3.67. The van der Waals surface area contributed by atoms with Crippen molar-refractivity contribution < 1.29 is 9.47 Å². The summed E-state index contributed by atoms with van der Waals surface area (Å²) in [6, 6.07) is 0. The van der Waals surface area contributed by atoms with Gasteiger partial charge in [-0.15, -0.1) is 6.58 Å². The number of hydrogen-bond acceptors (Lipinski definition) is 2. The highest BCUT2D eigenvalue weighted by Crippen LogP contribution is 2.32. The molecule has 1 heterocycles. The van der Waals surface area contributed by atoms with E-state index in [4.69, 9.17) is 9.47 Å². The molecule has 1 fully saturated rings. The Hall–Kier alpha value is -1.22. The van der Waals surface area contributed by atoms with E-state index in [0.29, 0.717) is 12.8 Å². The predicted octanol–water partition coefficient (Wildman–Crippen LogP) is 4.84. The van der Waals surface area contributed by atoms with Crippen LogP contribution in [0.4, 0.5) is 0 Å². The lowest BCUT2D eigenvalue weighted by Gasteiger charge is -2.16. The first-order chi connectivity index (χ1) is 10.6. The van der Waals surface area contributed by atoms with Gasteiger partial charge >= 0.3 is 0 Å². The molecular weight excluding hydrogens is 272 g/mol. The Labute approximate surface area is 136 Å². The summed E-state index contributed by atoms with van der Waals surface area (Å²) in [4.78, 5) is 0. The summed E-state index contributed by atoms with van der Waals surface area (Å²) >= 11 is 0. The SMILES string of the molecule is C=CCC#CC#CCC1OC(C)(C)OC1CCCCCCC.